The molecular weight excluding hydrogens is 562 g/mol. The average molecular weight is 591 g/mol. The van der Waals surface area contributed by atoms with Gasteiger partial charge in [0.2, 0.25) is 0 Å². The Balaban J connectivity index is 1.34. The van der Waals surface area contributed by atoms with Gasteiger partial charge in [0.1, 0.15) is 0 Å². The first-order chi connectivity index (χ1) is 20.0. The molecule has 0 N–H and O–H groups in total. The fourth-order valence-corrected chi connectivity index (χ4v) is 7.02. The number of benzene rings is 6. The summed E-state index contributed by atoms with van der Waals surface area (Å²) in [5.74, 6) is 0. The molecule has 7 aromatic rings. The molecule has 1 heterocycles. The lowest BCUT2D eigenvalue weighted by molar-refractivity contribution is 0.660. The van der Waals surface area contributed by atoms with Crippen LogP contribution in [0.15, 0.2) is 138 Å². The Morgan fingerprint density at radius 3 is 1.73 bits per heavy atom. The van der Waals surface area contributed by atoms with Gasteiger partial charge in [-0.05, 0) is 87.0 Å². The van der Waals surface area contributed by atoms with Gasteiger partial charge in [0.15, 0.2) is 0 Å². The fraction of sp³-hybridized carbons (Fsp3) is 0.0769. The summed E-state index contributed by atoms with van der Waals surface area (Å²) in [7, 11) is 0. The lowest BCUT2D eigenvalue weighted by Crippen LogP contribution is -2.14. The molecular formula is C39H28BrN. The van der Waals surface area contributed by atoms with Crippen molar-refractivity contribution in [2.75, 3.05) is 0 Å². The van der Waals surface area contributed by atoms with Gasteiger partial charge in [-0.15, -0.1) is 0 Å². The van der Waals surface area contributed by atoms with Crippen LogP contribution in [-0.2, 0) is 5.41 Å². The molecule has 0 radical (unpaired) electrons. The van der Waals surface area contributed by atoms with E-state index in [1.807, 2.05) is 0 Å². The zero-order chi connectivity index (χ0) is 27.7. The summed E-state index contributed by atoms with van der Waals surface area (Å²) in [5, 5.41) is 2.53. The summed E-state index contributed by atoms with van der Waals surface area (Å²) < 4.78 is 3.51. The maximum atomic E-state index is 3.58. The molecule has 0 fully saturated rings. The van der Waals surface area contributed by atoms with Gasteiger partial charge in [0.25, 0.3) is 0 Å². The highest BCUT2D eigenvalue weighted by Gasteiger charge is 2.35. The van der Waals surface area contributed by atoms with E-state index in [0.29, 0.717) is 0 Å². The molecule has 6 aromatic carbocycles. The smallest absolute Gasteiger partial charge is 0.0547 e. The first kappa shape index (κ1) is 24.4. The summed E-state index contributed by atoms with van der Waals surface area (Å²) in [5.41, 5.74) is 14.0. The number of fused-ring (bicyclic) bond motifs is 6. The highest BCUT2D eigenvalue weighted by atomic mass is 79.9. The number of hydrogen-bond acceptors (Lipinski definition) is 0. The second kappa shape index (κ2) is 9.06. The number of hydrogen-bond donors (Lipinski definition) is 0. The van der Waals surface area contributed by atoms with E-state index < -0.39 is 0 Å². The Morgan fingerprint density at radius 1 is 0.488 bits per heavy atom. The van der Waals surface area contributed by atoms with Crippen molar-refractivity contribution in [2.24, 2.45) is 0 Å². The minimum Gasteiger partial charge on any atom is -0.309 e. The van der Waals surface area contributed by atoms with Crippen LogP contribution in [0.1, 0.15) is 25.0 Å². The number of aromatic nitrogens is 1. The van der Waals surface area contributed by atoms with Crippen LogP contribution in [0.2, 0.25) is 0 Å². The Bertz CT molecular complexity index is 2110. The molecule has 8 rings (SSSR count). The number of nitrogens with zero attached hydrogens (tertiary/aromatic N) is 1. The molecule has 0 saturated heterocycles. The number of rotatable bonds is 3. The van der Waals surface area contributed by atoms with Crippen LogP contribution >= 0.6 is 15.9 Å². The Morgan fingerprint density at radius 2 is 1.02 bits per heavy atom. The maximum absolute atomic E-state index is 3.58. The van der Waals surface area contributed by atoms with Crippen molar-refractivity contribution in [3.63, 3.8) is 0 Å². The minimum absolute atomic E-state index is 0.0194. The van der Waals surface area contributed by atoms with Crippen molar-refractivity contribution in [3.8, 4) is 39.1 Å². The Labute approximate surface area is 248 Å². The first-order valence-corrected chi connectivity index (χ1v) is 14.9. The molecule has 0 amide bonds. The molecule has 0 atom stereocenters. The van der Waals surface area contributed by atoms with E-state index in [1.165, 1.54) is 72.0 Å². The highest BCUT2D eigenvalue weighted by molar-refractivity contribution is 9.10. The van der Waals surface area contributed by atoms with Crippen LogP contribution in [0.3, 0.4) is 0 Å². The topological polar surface area (TPSA) is 4.93 Å². The van der Waals surface area contributed by atoms with Gasteiger partial charge in [-0.1, -0.05) is 121 Å². The fourth-order valence-electron chi connectivity index (χ4n) is 6.76. The van der Waals surface area contributed by atoms with Crippen molar-refractivity contribution in [1.82, 2.24) is 4.57 Å². The van der Waals surface area contributed by atoms with E-state index >= 15 is 0 Å². The van der Waals surface area contributed by atoms with Crippen molar-refractivity contribution >= 4 is 37.7 Å². The van der Waals surface area contributed by atoms with E-state index in [-0.39, 0.29) is 5.41 Å². The summed E-state index contributed by atoms with van der Waals surface area (Å²) in [6.45, 7) is 4.70. The van der Waals surface area contributed by atoms with Crippen LogP contribution in [-0.4, -0.2) is 4.57 Å². The molecule has 41 heavy (non-hydrogen) atoms. The molecule has 1 aliphatic rings. The highest BCUT2D eigenvalue weighted by Crippen LogP contribution is 2.49. The minimum atomic E-state index is -0.0194. The first-order valence-electron chi connectivity index (χ1n) is 14.1. The zero-order valence-corrected chi connectivity index (χ0v) is 24.6. The molecule has 1 aromatic heterocycles. The van der Waals surface area contributed by atoms with E-state index in [4.69, 9.17) is 0 Å². The third kappa shape index (κ3) is 3.74. The van der Waals surface area contributed by atoms with Gasteiger partial charge < -0.3 is 4.57 Å². The van der Waals surface area contributed by atoms with Crippen molar-refractivity contribution in [2.45, 2.75) is 19.3 Å². The van der Waals surface area contributed by atoms with Gasteiger partial charge in [-0.3, -0.25) is 0 Å². The normalized spacial score (nSPS) is 13.4. The molecule has 0 unspecified atom stereocenters. The summed E-state index contributed by atoms with van der Waals surface area (Å²) in [6, 6.07) is 49.0. The van der Waals surface area contributed by atoms with E-state index in [9.17, 15) is 0 Å². The van der Waals surface area contributed by atoms with Crippen LogP contribution in [0.5, 0.6) is 0 Å². The van der Waals surface area contributed by atoms with Gasteiger partial charge >= 0.3 is 0 Å². The van der Waals surface area contributed by atoms with E-state index in [0.717, 1.165) is 4.47 Å². The van der Waals surface area contributed by atoms with Crippen LogP contribution in [0, 0.1) is 0 Å². The summed E-state index contributed by atoms with van der Waals surface area (Å²) in [6.07, 6.45) is 0. The van der Waals surface area contributed by atoms with Crippen molar-refractivity contribution < 1.29 is 0 Å². The molecule has 0 bridgehead atoms. The standard InChI is InChI=1S/C39H28BrN/c1-39(2)35-11-7-6-10-31(35)32-19-14-26(22-36(32)39)28-16-21-34-33-20-15-27(25-12-17-29(40)18-13-25)23-37(33)41(38(34)24-28)30-8-4-3-5-9-30/h3-24H,1-2H3. The second-order valence-corrected chi connectivity index (χ2v) is 12.5. The van der Waals surface area contributed by atoms with Gasteiger partial charge in [0.05, 0.1) is 11.0 Å². The number of halogens is 1. The van der Waals surface area contributed by atoms with Gasteiger partial charge in [-0.25, -0.2) is 0 Å². The third-order valence-electron chi connectivity index (χ3n) is 8.88. The lowest BCUT2D eigenvalue weighted by atomic mass is 9.81. The molecule has 2 heteroatoms. The monoisotopic (exact) mass is 589 g/mol. The second-order valence-electron chi connectivity index (χ2n) is 11.6. The Hall–Kier alpha value is -4.40. The molecule has 0 saturated carbocycles. The molecule has 1 aliphatic carbocycles. The van der Waals surface area contributed by atoms with Crippen molar-refractivity contribution in [1.29, 1.82) is 0 Å². The predicted octanol–water partition coefficient (Wildman–Crippen LogP) is 11.2. The Kier molecular flexibility index (Phi) is 5.39. The molecule has 1 nitrogen and oxygen atoms in total. The summed E-state index contributed by atoms with van der Waals surface area (Å²) >= 11 is 3.58. The van der Waals surface area contributed by atoms with Crippen LogP contribution in [0.4, 0.5) is 0 Å². The van der Waals surface area contributed by atoms with Crippen molar-refractivity contribution in [3.05, 3.63) is 149 Å². The quantitative estimate of drug-likeness (QED) is 0.193. The third-order valence-corrected chi connectivity index (χ3v) is 9.40. The SMILES string of the molecule is CC1(C)c2ccccc2-c2ccc(-c3ccc4c5ccc(-c6ccc(Br)cc6)cc5n(-c5ccccc5)c4c3)cc21. The van der Waals surface area contributed by atoms with E-state index in [2.05, 4.69) is 168 Å². The van der Waals surface area contributed by atoms with Crippen LogP contribution < -0.4 is 0 Å². The number of para-hydroxylation sites is 1. The zero-order valence-electron chi connectivity index (χ0n) is 23.0. The molecule has 196 valence electrons. The van der Waals surface area contributed by atoms with E-state index in [1.54, 1.807) is 0 Å². The molecule has 0 aliphatic heterocycles. The lowest BCUT2D eigenvalue weighted by Gasteiger charge is -2.22. The predicted molar refractivity (Wildman–Crippen MR) is 177 cm³/mol. The molecule has 0 spiro atoms. The summed E-state index contributed by atoms with van der Waals surface area (Å²) in [4.78, 5) is 0. The largest absolute Gasteiger partial charge is 0.309 e. The van der Waals surface area contributed by atoms with Crippen LogP contribution in [0.25, 0.3) is 60.9 Å². The van der Waals surface area contributed by atoms with Gasteiger partial charge in [-0.2, -0.15) is 0 Å². The van der Waals surface area contributed by atoms with Gasteiger partial charge in [0, 0.05) is 26.3 Å². The average Bonchev–Trinajstić information content (AvgIpc) is 3.45. The maximum Gasteiger partial charge on any atom is 0.0547 e.